The summed E-state index contributed by atoms with van der Waals surface area (Å²) in [7, 11) is 1.54. The summed E-state index contributed by atoms with van der Waals surface area (Å²) >= 11 is 0. The molecule has 0 aliphatic heterocycles. The molecule has 0 bridgehead atoms. The molecule has 2 rings (SSSR count). The summed E-state index contributed by atoms with van der Waals surface area (Å²) in [5, 5.41) is 9.25. The Balaban J connectivity index is 2.00. The second kappa shape index (κ2) is 4.97. The first-order chi connectivity index (χ1) is 8.14. The number of rotatable bonds is 5. The zero-order chi connectivity index (χ0) is 12.5. The summed E-state index contributed by atoms with van der Waals surface area (Å²) in [6.07, 6.45) is 7.73. The molecule has 0 aromatic heterocycles. The molecule has 2 aliphatic carbocycles. The normalized spacial score (nSPS) is 33.1. The van der Waals surface area contributed by atoms with Gasteiger partial charge >= 0.3 is 5.97 Å². The Morgan fingerprint density at radius 1 is 1.35 bits per heavy atom. The Morgan fingerprint density at radius 3 is 2.29 bits per heavy atom. The van der Waals surface area contributed by atoms with Crippen LogP contribution in [-0.2, 0) is 9.53 Å². The zero-order valence-electron chi connectivity index (χ0n) is 10.9. The first-order valence-electron chi connectivity index (χ1n) is 6.89. The highest BCUT2D eigenvalue weighted by atomic mass is 16.5. The third kappa shape index (κ3) is 2.35. The van der Waals surface area contributed by atoms with Crippen LogP contribution in [-0.4, -0.2) is 24.3 Å². The predicted octanol–water partition coefficient (Wildman–Crippen LogP) is 3.08. The number of aliphatic carboxylic acids is 1. The second-order valence-electron chi connectivity index (χ2n) is 5.81. The molecule has 98 valence electrons. The van der Waals surface area contributed by atoms with Gasteiger partial charge in [0.05, 0.1) is 0 Å². The summed E-state index contributed by atoms with van der Waals surface area (Å²) in [5.74, 6) is 0.668. The van der Waals surface area contributed by atoms with Crippen LogP contribution < -0.4 is 0 Å². The van der Waals surface area contributed by atoms with E-state index in [1.165, 1.54) is 39.2 Å². The lowest BCUT2D eigenvalue weighted by molar-refractivity contribution is -0.155. The molecule has 1 unspecified atom stereocenters. The number of carboxylic acids is 1. The van der Waals surface area contributed by atoms with Crippen LogP contribution in [0.4, 0.5) is 0 Å². The predicted molar refractivity (Wildman–Crippen MR) is 65.8 cm³/mol. The Labute approximate surface area is 104 Å². The van der Waals surface area contributed by atoms with Crippen molar-refractivity contribution in [3.63, 3.8) is 0 Å². The fourth-order valence-electron chi connectivity index (χ4n) is 3.76. The highest BCUT2D eigenvalue weighted by Crippen LogP contribution is 2.60. The van der Waals surface area contributed by atoms with Crippen molar-refractivity contribution in [2.24, 2.45) is 17.3 Å². The van der Waals surface area contributed by atoms with Gasteiger partial charge in [0.1, 0.15) is 0 Å². The van der Waals surface area contributed by atoms with E-state index in [-0.39, 0.29) is 5.41 Å². The van der Waals surface area contributed by atoms with Crippen LogP contribution >= 0.6 is 0 Å². The summed E-state index contributed by atoms with van der Waals surface area (Å²) in [5.41, 5.74) is -0.0285. The van der Waals surface area contributed by atoms with Crippen molar-refractivity contribution in [2.75, 3.05) is 7.11 Å². The van der Waals surface area contributed by atoms with Crippen molar-refractivity contribution in [2.45, 2.75) is 58.0 Å². The van der Waals surface area contributed by atoms with Gasteiger partial charge in [0.25, 0.3) is 0 Å². The lowest BCUT2D eigenvalue weighted by Crippen LogP contribution is -2.39. The average molecular weight is 240 g/mol. The fraction of sp³-hybridized carbons (Fsp3) is 0.929. The molecule has 2 saturated carbocycles. The molecular formula is C14H24O3. The van der Waals surface area contributed by atoms with Gasteiger partial charge < -0.3 is 9.84 Å². The molecule has 0 amide bonds. The topological polar surface area (TPSA) is 46.5 Å². The minimum Gasteiger partial charge on any atom is -0.479 e. The maximum Gasteiger partial charge on any atom is 0.333 e. The number of hydrogen-bond acceptors (Lipinski definition) is 2. The molecule has 1 N–H and O–H groups in total. The van der Waals surface area contributed by atoms with Crippen LogP contribution in [0.25, 0.3) is 0 Å². The second-order valence-corrected chi connectivity index (χ2v) is 5.81. The highest BCUT2D eigenvalue weighted by molar-refractivity contribution is 5.74. The Bertz CT molecular complexity index is 275. The zero-order valence-corrected chi connectivity index (χ0v) is 10.9. The average Bonchev–Trinajstić information content (AvgIpc) is 3.11. The van der Waals surface area contributed by atoms with Crippen molar-refractivity contribution >= 4 is 5.97 Å². The molecule has 0 spiro atoms. The molecule has 1 atom stereocenters. The third-order valence-electron chi connectivity index (χ3n) is 5.05. The van der Waals surface area contributed by atoms with Crippen LogP contribution in [0.5, 0.6) is 0 Å². The number of ether oxygens (including phenoxy) is 1. The van der Waals surface area contributed by atoms with E-state index in [2.05, 4.69) is 6.92 Å². The lowest BCUT2D eigenvalue weighted by atomic mass is 9.71. The van der Waals surface area contributed by atoms with Crippen LogP contribution in [0.15, 0.2) is 0 Å². The largest absolute Gasteiger partial charge is 0.479 e. The molecule has 0 saturated heterocycles. The van der Waals surface area contributed by atoms with E-state index in [1.807, 2.05) is 0 Å². The standard InChI is InChI=1S/C14H24O3/c1-3-10-4-6-11(7-5-10)14(8-9-14)12(17-2)13(15)16/h10-12H,3-9H2,1-2H3,(H,15,16). The van der Waals surface area contributed by atoms with E-state index in [9.17, 15) is 9.90 Å². The minimum atomic E-state index is -0.775. The quantitative estimate of drug-likeness (QED) is 0.803. The van der Waals surface area contributed by atoms with Gasteiger partial charge in [-0.25, -0.2) is 4.79 Å². The Hall–Kier alpha value is -0.570. The van der Waals surface area contributed by atoms with Gasteiger partial charge in [0, 0.05) is 12.5 Å². The van der Waals surface area contributed by atoms with E-state index in [1.54, 1.807) is 0 Å². The van der Waals surface area contributed by atoms with E-state index in [0.29, 0.717) is 5.92 Å². The van der Waals surface area contributed by atoms with Crippen molar-refractivity contribution in [3.05, 3.63) is 0 Å². The monoisotopic (exact) mass is 240 g/mol. The van der Waals surface area contributed by atoms with Crippen LogP contribution in [0, 0.1) is 17.3 Å². The van der Waals surface area contributed by atoms with Gasteiger partial charge in [-0.05, 0) is 37.5 Å². The lowest BCUT2D eigenvalue weighted by Gasteiger charge is -2.36. The van der Waals surface area contributed by atoms with Crippen molar-refractivity contribution in [1.82, 2.24) is 0 Å². The smallest absolute Gasteiger partial charge is 0.333 e. The minimum absolute atomic E-state index is 0.0285. The maximum atomic E-state index is 11.3. The van der Waals surface area contributed by atoms with Crippen molar-refractivity contribution in [3.8, 4) is 0 Å². The highest BCUT2D eigenvalue weighted by Gasteiger charge is 2.57. The van der Waals surface area contributed by atoms with E-state index >= 15 is 0 Å². The van der Waals surface area contributed by atoms with E-state index < -0.39 is 12.1 Å². The number of carboxylic acid groups (broad SMARTS) is 1. The molecule has 17 heavy (non-hydrogen) atoms. The fourth-order valence-corrected chi connectivity index (χ4v) is 3.76. The van der Waals surface area contributed by atoms with E-state index in [0.717, 1.165) is 18.8 Å². The first kappa shape index (κ1) is 12.9. The van der Waals surface area contributed by atoms with E-state index in [4.69, 9.17) is 4.74 Å². The van der Waals surface area contributed by atoms with Gasteiger partial charge in [-0.1, -0.05) is 26.2 Å². The molecule has 3 nitrogen and oxygen atoms in total. The number of carbonyl (C=O) groups is 1. The molecule has 3 heteroatoms. The third-order valence-corrected chi connectivity index (χ3v) is 5.05. The summed E-state index contributed by atoms with van der Waals surface area (Å²) in [4.78, 5) is 11.3. The van der Waals surface area contributed by atoms with Crippen LogP contribution in [0.3, 0.4) is 0 Å². The van der Waals surface area contributed by atoms with Crippen molar-refractivity contribution in [1.29, 1.82) is 0 Å². The molecule has 0 heterocycles. The molecular weight excluding hydrogens is 216 g/mol. The molecule has 0 radical (unpaired) electrons. The van der Waals surface area contributed by atoms with Gasteiger partial charge in [-0.3, -0.25) is 0 Å². The van der Waals surface area contributed by atoms with Crippen LogP contribution in [0.1, 0.15) is 51.9 Å². The first-order valence-corrected chi connectivity index (χ1v) is 6.89. The SMILES string of the molecule is CCC1CCC(C2(C(OC)C(=O)O)CC2)CC1. The maximum absolute atomic E-state index is 11.3. The van der Waals surface area contributed by atoms with Crippen LogP contribution in [0.2, 0.25) is 0 Å². The van der Waals surface area contributed by atoms with Gasteiger partial charge in [0.2, 0.25) is 0 Å². The summed E-state index contributed by atoms with van der Waals surface area (Å²) in [6.45, 7) is 2.26. The molecule has 2 fully saturated rings. The van der Waals surface area contributed by atoms with Crippen molar-refractivity contribution < 1.29 is 14.6 Å². The van der Waals surface area contributed by atoms with Gasteiger partial charge in [0.15, 0.2) is 6.10 Å². The summed E-state index contributed by atoms with van der Waals surface area (Å²) in [6, 6.07) is 0. The molecule has 0 aromatic carbocycles. The molecule has 0 aromatic rings. The molecule has 2 aliphatic rings. The Morgan fingerprint density at radius 2 is 1.94 bits per heavy atom. The number of hydrogen-bond donors (Lipinski definition) is 1. The van der Waals surface area contributed by atoms with Gasteiger partial charge in [-0.2, -0.15) is 0 Å². The van der Waals surface area contributed by atoms with Gasteiger partial charge in [-0.15, -0.1) is 0 Å². The Kier molecular flexibility index (Phi) is 3.76. The number of methoxy groups -OCH3 is 1. The summed E-state index contributed by atoms with van der Waals surface area (Å²) < 4.78 is 5.25.